The van der Waals surface area contributed by atoms with Crippen LogP contribution in [0, 0.1) is 6.92 Å². The first-order chi connectivity index (χ1) is 17.9. The number of hydrogen-bond acceptors (Lipinski definition) is 3. The van der Waals surface area contributed by atoms with Gasteiger partial charge < -0.3 is 10.2 Å². The van der Waals surface area contributed by atoms with Gasteiger partial charge in [-0.15, -0.1) is 11.8 Å². The van der Waals surface area contributed by atoms with Crippen LogP contribution in [0.1, 0.15) is 42.4 Å². The Balaban J connectivity index is 1.64. The Hall–Kier alpha value is -2.47. The van der Waals surface area contributed by atoms with Crippen LogP contribution in [-0.2, 0) is 22.6 Å². The van der Waals surface area contributed by atoms with Gasteiger partial charge in [0.25, 0.3) is 0 Å². The predicted octanol–water partition coefficient (Wildman–Crippen LogP) is 7.09. The zero-order chi connectivity index (χ0) is 26.2. The van der Waals surface area contributed by atoms with Crippen molar-refractivity contribution < 1.29 is 9.59 Å². The number of hydrogen-bond donors (Lipinski definition) is 1. The van der Waals surface area contributed by atoms with Crippen molar-refractivity contribution in [3.05, 3.63) is 99.5 Å². The predicted molar refractivity (Wildman–Crippen MR) is 153 cm³/mol. The molecule has 1 saturated carbocycles. The van der Waals surface area contributed by atoms with E-state index in [9.17, 15) is 9.59 Å². The first-order valence-corrected chi connectivity index (χ1v) is 14.4. The van der Waals surface area contributed by atoms with Crippen molar-refractivity contribution >= 4 is 46.8 Å². The van der Waals surface area contributed by atoms with E-state index in [1.54, 1.807) is 23.1 Å². The number of nitrogens with zero attached hydrogens (tertiary/aromatic N) is 1. The molecule has 1 aliphatic carbocycles. The van der Waals surface area contributed by atoms with Crippen LogP contribution >= 0.6 is 35.0 Å². The highest BCUT2D eigenvalue weighted by Crippen LogP contribution is 2.28. The second-order valence-electron chi connectivity index (χ2n) is 9.52. The van der Waals surface area contributed by atoms with Gasteiger partial charge in [-0.1, -0.05) is 90.1 Å². The van der Waals surface area contributed by atoms with Crippen LogP contribution in [-0.4, -0.2) is 34.6 Å². The zero-order valence-corrected chi connectivity index (χ0v) is 23.3. The molecule has 2 amide bonds. The van der Waals surface area contributed by atoms with Crippen molar-refractivity contribution in [1.29, 1.82) is 0 Å². The largest absolute Gasteiger partial charge is 0.352 e. The summed E-state index contributed by atoms with van der Waals surface area (Å²) in [5.74, 6) is -0.0654. The van der Waals surface area contributed by atoms with Gasteiger partial charge in [0.2, 0.25) is 11.8 Å². The molecule has 4 rings (SSSR count). The summed E-state index contributed by atoms with van der Waals surface area (Å²) in [4.78, 5) is 30.2. The number of aryl methyl sites for hydroxylation is 1. The molecule has 37 heavy (non-hydrogen) atoms. The molecule has 4 nitrogen and oxygen atoms in total. The Bertz CT molecular complexity index is 1180. The Labute approximate surface area is 233 Å². The number of carbonyl (C=O) groups excluding carboxylic acids is 2. The third-order valence-corrected chi connectivity index (χ3v) is 8.45. The summed E-state index contributed by atoms with van der Waals surface area (Å²) < 4.78 is 0. The van der Waals surface area contributed by atoms with Gasteiger partial charge in [0, 0.05) is 39.5 Å². The van der Waals surface area contributed by atoms with Crippen molar-refractivity contribution in [1.82, 2.24) is 10.2 Å². The molecule has 7 heteroatoms. The van der Waals surface area contributed by atoms with Gasteiger partial charge >= 0.3 is 0 Å². The minimum Gasteiger partial charge on any atom is -0.352 e. The molecule has 1 fully saturated rings. The first-order valence-electron chi connectivity index (χ1n) is 12.7. The van der Waals surface area contributed by atoms with Gasteiger partial charge in [0.15, 0.2) is 0 Å². The zero-order valence-electron chi connectivity index (χ0n) is 21.0. The van der Waals surface area contributed by atoms with E-state index in [4.69, 9.17) is 23.2 Å². The molecule has 1 atom stereocenters. The fourth-order valence-corrected chi connectivity index (χ4v) is 5.94. The van der Waals surface area contributed by atoms with E-state index >= 15 is 0 Å². The van der Waals surface area contributed by atoms with Gasteiger partial charge in [0.1, 0.15) is 6.04 Å². The average Bonchev–Trinajstić information content (AvgIpc) is 3.40. The number of amides is 2. The fraction of sp³-hybridized carbons (Fsp3) is 0.333. The van der Waals surface area contributed by atoms with E-state index in [0.29, 0.717) is 22.0 Å². The monoisotopic (exact) mass is 554 g/mol. The number of nitrogens with one attached hydrogen (secondary N) is 1. The fourth-order valence-electron chi connectivity index (χ4n) is 4.64. The van der Waals surface area contributed by atoms with Crippen LogP contribution in [0.3, 0.4) is 0 Å². The Morgan fingerprint density at radius 1 is 0.946 bits per heavy atom. The van der Waals surface area contributed by atoms with E-state index in [0.717, 1.165) is 41.7 Å². The molecule has 0 aliphatic heterocycles. The maximum absolute atomic E-state index is 13.8. The lowest BCUT2D eigenvalue weighted by atomic mass is 10.0. The molecular formula is C30H32Cl2N2O2S. The summed E-state index contributed by atoms with van der Waals surface area (Å²) in [6, 6.07) is 22.7. The second-order valence-corrected chi connectivity index (χ2v) is 11.4. The Kier molecular flexibility index (Phi) is 9.95. The number of halogens is 2. The second kappa shape index (κ2) is 13.4. The molecular weight excluding hydrogens is 523 g/mol. The van der Waals surface area contributed by atoms with Gasteiger partial charge in [-0.25, -0.2) is 0 Å². The van der Waals surface area contributed by atoms with Crippen molar-refractivity contribution in [2.24, 2.45) is 0 Å². The lowest BCUT2D eigenvalue weighted by Crippen LogP contribution is -2.52. The van der Waals surface area contributed by atoms with E-state index in [1.807, 2.05) is 61.5 Å². The lowest BCUT2D eigenvalue weighted by molar-refractivity contribution is -0.139. The first kappa shape index (κ1) is 27.6. The van der Waals surface area contributed by atoms with Crippen LogP contribution < -0.4 is 5.32 Å². The molecule has 1 unspecified atom stereocenters. The van der Waals surface area contributed by atoms with Crippen LogP contribution in [0.15, 0.2) is 77.7 Å². The summed E-state index contributed by atoms with van der Waals surface area (Å²) in [5.41, 5.74) is 2.80. The summed E-state index contributed by atoms with van der Waals surface area (Å²) in [6.07, 6.45) is 4.57. The quantitative estimate of drug-likeness (QED) is 0.272. The number of thioether (sulfide) groups is 1. The van der Waals surface area contributed by atoms with E-state index in [-0.39, 0.29) is 30.2 Å². The molecule has 0 bridgehead atoms. The Morgan fingerprint density at radius 3 is 2.24 bits per heavy atom. The molecule has 0 spiro atoms. The highest BCUT2D eigenvalue weighted by Gasteiger charge is 2.33. The highest BCUT2D eigenvalue weighted by atomic mass is 35.5. The molecule has 0 radical (unpaired) electrons. The molecule has 1 aliphatic rings. The Morgan fingerprint density at radius 2 is 1.59 bits per heavy atom. The average molecular weight is 556 g/mol. The minimum atomic E-state index is -0.693. The summed E-state index contributed by atoms with van der Waals surface area (Å²) in [6.45, 7) is 2.19. The molecule has 0 saturated heterocycles. The maximum Gasteiger partial charge on any atom is 0.243 e. The highest BCUT2D eigenvalue weighted by molar-refractivity contribution is 8.00. The lowest BCUT2D eigenvalue weighted by Gasteiger charge is -2.33. The van der Waals surface area contributed by atoms with Gasteiger partial charge in [0.05, 0.1) is 5.75 Å². The molecule has 194 valence electrons. The summed E-state index contributed by atoms with van der Waals surface area (Å²) in [7, 11) is 0. The normalized spacial score (nSPS) is 14.4. The number of rotatable bonds is 10. The molecule has 1 N–H and O–H groups in total. The molecule has 0 aromatic heterocycles. The van der Waals surface area contributed by atoms with Crippen molar-refractivity contribution in [2.45, 2.75) is 62.6 Å². The smallest absolute Gasteiger partial charge is 0.243 e. The van der Waals surface area contributed by atoms with E-state index in [1.165, 1.54) is 11.8 Å². The molecule has 3 aromatic rings. The molecule has 0 heterocycles. The third-order valence-electron chi connectivity index (χ3n) is 6.75. The van der Waals surface area contributed by atoms with E-state index < -0.39 is 6.04 Å². The SMILES string of the molecule is Cc1ccc(SCC(=O)N(Cc2c(Cl)cccc2Cl)C(Cc2ccccc2)C(=O)NC2CCCC2)cc1. The van der Waals surface area contributed by atoms with Crippen LogP contribution in [0.5, 0.6) is 0 Å². The van der Waals surface area contributed by atoms with Crippen LogP contribution in [0.4, 0.5) is 0 Å². The topological polar surface area (TPSA) is 49.4 Å². The van der Waals surface area contributed by atoms with Crippen molar-refractivity contribution in [3.63, 3.8) is 0 Å². The third kappa shape index (κ3) is 7.76. The maximum atomic E-state index is 13.8. The summed E-state index contributed by atoms with van der Waals surface area (Å²) in [5, 5.41) is 4.18. The number of carbonyl (C=O) groups is 2. The van der Waals surface area contributed by atoms with Gasteiger partial charge in [-0.2, -0.15) is 0 Å². The summed E-state index contributed by atoms with van der Waals surface area (Å²) >= 11 is 14.5. The minimum absolute atomic E-state index is 0.132. The molecule has 3 aromatic carbocycles. The van der Waals surface area contributed by atoms with Crippen molar-refractivity contribution in [3.8, 4) is 0 Å². The van der Waals surface area contributed by atoms with E-state index in [2.05, 4.69) is 5.32 Å². The van der Waals surface area contributed by atoms with Crippen LogP contribution in [0.2, 0.25) is 10.0 Å². The van der Waals surface area contributed by atoms with Gasteiger partial charge in [-0.3, -0.25) is 9.59 Å². The number of benzene rings is 3. The van der Waals surface area contributed by atoms with Gasteiger partial charge in [-0.05, 0) is 49.6 Å². The standard InChI is InChI=1S/C30H32Cl2N2O2S/c1-21-14-16-24(17-15-21)37-20-29(35)34(19-25-26(31)12-7-13-27(25)32)28(18-22-8-3-2-4-9-22)30(36)33-23-10-5-6-11-23/h2-4,7-9,12-17,23,28H,5-6,10-11,18-20H2,1H3,(H,33,36). The van der Waals surface area contributed by atoms with Crippen molar-refractivity contribution in [2.75, 3.05) is 5.75 Å². The van der Waals surface area contributed by atoms with Crippen LogP contribution in [0.25, 0.3) is 0 Å².